The minimum Gasteiger partial charge on any atom is -0.504 e. The minimum absolute atomic E-state index is 0.0301. The van der Waals surface area contributed by atoms with E-state index in [-0.39, 0.29) is 11.5 Å². The van der Waals surface area contributed by atoms with Gasteiger partial charge in [0.1, 0.15) is 0 Å². The predicted octanol–water partition coefficient (Wildman–Crippen LogP) is 0.739. The third-order valence-electron chi connectivity index (χ3n) is 1.75. The second kappa shape index (κ2) is 7.10. The van der Waals surface area contributed by atoms with E-state index >= 15 is 0 Å². The van der Waals surface area contributed by atoms with Crippen molar-refractivity contribution in [2.45, 2.75) is 6.92 Å². The van der Waals surface area contributed by atoms with Gasteiger partial charge in [-0.15, -0.1) is 0 Å². The van der Waals surface area contributed by atoms with Crippen LogP contribution < -0.4 is 0 Å². The topological polar surface area (TPSA) is 93.1 Å². The lowest BCUT2D eigenvalue weighted by atomic mass is 10.2. The lowest BCUT2D eigenvalue weighted by molar-refractivity contribution is -0.164. The van der Waals surface area contributed by atoms with E-state index in [9.17, 15) is 9.59 Å². The van der Waals surface area contributed by atoms with Gasteiger partial charge < -0.3 is 19.7 Å². The summed E-state index contributed by atoms with van der Waals surface area (Å²) in [5, 5.41) is 17.8. The van der Waals surface area contributed by atoms with Gasteiger partial charge >= 0.3 is 11.9 Å². The highest BCUT2D eigenvalue weighted by Crippen LogP contribution is 2.26. The van der Waals surface area contributed by atoms with Crippen molar-refractivity contribution in [3.05, 3.63) is 23.8 Å². The molecular weight excluding hydrogens is 228 g/mol. The summed E-state index contributed by atoms with van der Waals surface area (Å²) in [5.74, 6) is -2.05. The summed E-state index contributed by atoms with van der Waals surface area (Å²) in [6.45, 7) is 1.73. The normalized spacial score (nSPS) is 8.65. The van der Waals surface area contributed by atoms with Crippen molar-refractivity contribution in [2.24, 2.45) is 0 Å². The highest BCUT2D eigenvalue weighted by molar-refractivity contribution is 6.29. The summed E-state index contributed by atoms with van der Waals surface area (Å²) < 4.78 is 7.98. The lowest BCUT2D eigenvalue weighted by Crippen LogP contribution is -2.16. The van der Waals surface area contributed by atoms with Crippen LogP contribution in [-0.2, 0) is 19.1 Å². The zero-order chi connectivity index (χ0) is 13.4. The number of hydrogen-bond acceptors (Lipinski definition) is 6. The number of aryl methyl sites for hydroxylation is 1. The van der Waals surface area contributed by atoms with Crippen molar-refractivity contribution in [3.8, 4) is 11.5 Å². The van der Waals surface area contributed by atoms with Crippen LogP contribution in [0.15, 0.2) is 18.2 Å². The van der Waals surface area contributed by atoms with Gasteiger partial charge in [0, 0.05) is 0 Å². The van der Waals surface area contributed by atoms with Crippen LogP contribution in [0.4, 0.5) is 0 Å². The molecule has 0 saturated carbocycles. The van der Waals surface area contributed by atoms with Gasteiger partial charge in [-0.25, -0.2) is 9.59 Å². The highest BCUT2D eigenvalue weighted by Gasteiger charge is 2.11. The molecule has 0 amide bonds. The summed E-state index contributed by atoms with van der Waals surface area (Å²) in [4.78, 5) is 20.1. The maximum Gasteiger partial charge on any atom is 0.417 e. The number of phenols is 2. The van der Waals surface area contributed by atoms with Gasteiger partial charge in [-0.3, -0.25) is 0 Å². The number of phenolic OH excluding ortho intramolecular Hbond substituents is 2. The van der Waals surface area contributed by atoms with Crippen molar-refractivity contribution in [1.82, 2.24) is 0 Å². The molecule has 0 saturated heterocycles. The van der Waals surface area contributed by atoms with Crippen LogP contribution >= 0.6 is 0 Å². The molecule has 0 aliphatic carbocycles. The van der Waals surface area contributed by atoms with Gasteiger partial charge in [0.05, 0.1) is 14.2 Å². The van der Waals surface area contributed by atoms with E-state index in [1.807, 2.05) is 0 Å². The summed E-state index contributed by atoms with van der Waals surface area (Å²) in [6, 6.07) is 4.86. The van der Waals surface area contributed by atoms with E-state index in [4.69, 9.17) is 10.2 Å². The van der Waals surface area contributed by atoms with Crippen LogP contribution in [0.1, 0.15) is 5.56 Å². The van der Waals surface area contributed by atoms with Crippen LogP contribution in [0.3, 0.4) is 0 Å². The van der Waals surface area contributed by atoms with E-state index in [0.29, 0.717) is 5.56 Å². The van der Waals surface area contributed by atoms with Crippen molar-refractivity contribution < 1.29 is 29.3 Å². The zero-order valence-corrected chi connectivity index (χ0v) is 9.76. The number of para-hydroxylation sites is 1. The second-order valence-corrected chi connectivity index (χ2v) is 2.93. The Kier molecular flexibility index (Phi) is 6.17. The molecule has 0 spiro atoms. The second-order valence-electron chi connectivity index (χ2n) is 2.93. The van der Waals surface area contributed by atoms with Gasteiger partial charge in [-0.2, -0.15) is 0 Å². The lowest BCUT2D eigenvalue weighted by Gasteiger charge is -1.97. The Hall–Kier alpha value is -2.24. The van der Waals surface area contributed by atoms with Gasteiger partial charge in [0.2, 0.25) is 0 Å². The Morgan fingerprint density at radius 1 is 1.06 bits per heavy atom. The van der Waals surface area contributed by atoms with Gasteiger partial charge in [-0.1, -0.05) is 12.1 Å². The fourth-order valence-corrected chi connectivity index (χ4v) is 0.810. The summed E-state index contributed by atoms with van der Waals surface area (Å²) >= 11 is 0. The fraction of sp³-hybridized carbons (Fsp3) is 0.273. The molecule has 0 radical (unpaired) electrons. The highest BCUT2D eigenvalue weighted by atomic mass is 16.6. The predicted molar refractivity (Wildman–Crippen MR) is 58.5 cm³/mol. The third-order valence-corrected chi connectivity index (χ3v) is 1.75. The number of aromatic hydroxyl groups is 2. The number of carbonyl (C=O) groups excluding carboxylic acids is 2. The Labute approximate surface area is 98.4 Å². The first-order valence-electron chi connectivity index (χ1n) is 4.57. The first-order valence-corrected chi connectivity index (χ1v) is 4.57. The molecule has 0 heterocycles. The quantitative estimate of drug-likeness (QED) is 0.396. The molecule has 1 rings (SSSR count). The molecule has 17 heavy (non-hydrogen) atoms. The van der Waals surface area contributed by atoms with Crippen molar-refractivity contribution in [1.29, 1.82) is 0 Å². The Morgan fingerprint density at radius 2 is 1.53 bits per heavy atom. The van der Waals surface area contributed by atoms with E-state index in [2.05, 4.69) is 9.47 Å². The molecular formula is C11H14O6. The van der Waals surface area contributed by atoms with Crippen LogP contribution in [-0.4, -0.2) is 36.4 Å². The molecule has 0 unspecified atom stereocenters. The number of ether oxygens (including phenoxy) is 2. The van der Waals surface area contributed by atoms with Crippen LogP contribution in [0.25, 0.3) is 0 Å². The number of hydrogen-bond donors (Lipinski definition) is 2. The smallest absolute Gasteiger partial charge is 0.417 e. The van der Waals surface area contributed by atoms with Crippen LogP contribution in [0, 0.1) is 6.92 Å². The first kappa shape index (κ1) is 14.8. The first-order chi connectivity index (χ1) is 7.93. The van der Waals surface area contributed by atoms with Gasteiger partial charge in [0.25, 0.3) is 0 Å². The molecule has 6 heteroatoms. The third kappa shape index (κ3) is 4.87. The maximum absolute atomic E-state index is 10.0. The monoisotopic (exact) mass is 242 g/mol. The van der Waals surface area contributed by atoms with Gasteiger partial charge in [-0.05, 0) is 18.6 Å². The molecule has 0 aliphatic heterocycles. The van der Waals surface area contributed by atoms with E-state index in [1.54, 1.807) is 19.1 Å². The number of esters is 2. The van der Waals surface area contributed by atoms with Gasteiger partial charge in [0.15, 0.2) is 11.5 Å². The average Bonchev–Trinajstić information content (AvgIpc) is 2.34. The molecule has 1 aromatic carbocycles. The molecule has 94 valence electrons. The van der Waals surface area contributed by atoms with Crippen LogP contribution in [0.5, 0.6) is 11.5 Å². The summed E-state index contributed by atoms with van der Waals surface area (Å²) in [6.07, 6.45) is 0. The molecule has 6 nitrogen and oxygen atoms in total. The molecule has 0 bridgehead atoms. The Bertz CT molecular complexity index is 365. The summed E-state index contributed by atoms with van der Waals surface area (Å²) in [5.41, 5.74) is 0.690. The van der Waals surface area contributed by atoms with Crippen molar-refractivity contribution in [2.75, 3.05) is 14.2 Å². The molecule has 0 aromatic heterocycles. The van der Waals surface area contributed by atoms with Crippen LogP contribution in [0.2, 0.25) is 0 Å². The molecule has 1 aromatic rings. The van der Waals surface area contributed by atoms with Crippen molar-refractivity contribution >= 4 is 11.9 Å². The molecule has 0 aliphatic rings. The Morgan fingerprint density at radius 3 is 1.82 bits per heavy atom. The standard InChI is InChI=1S/C7H8O2.C4H6O4/c1-5-3-2-4-6(8)7(5)9;1-7-3(5)4(6)8-2/h2-4,8-9H,1H3;1-2H3. The Balaban J connectivity index is 0.000000304. The summed E-state index contributed by atoms with van der Waals surface area (Å²) in [7, 11) is 2.22. The van der Waals surface area contributed by atoms with Crippen molar-refractivity contribution in [3.63, 3.8) is 0 Å². The number of benzene rings is 1. The molecule has 2 N–H and O–H groups in total. The molecule has 0 atom stereocenters. The zero-order valence-electron chi connectivity index (χ0n) is 9.76. The molecule has 0 fully saturated rings. The van der Waals surface area contributed by atoms with E-state index in [0.717, 1.165) is 14.2 Å². The van der Waals surface area contributed by atoms with E-state index in [1.165, 1.54) is 6.07 Å². The fourth-order valence-electron chi connectivity index (χ4n) is 0.810. The SMILES string of the molecule is COC(=O)C(=O)OC.Cc1cccc(O)c1O. The minimum atomic E-state index is -0.979. The maximum atomic E-state index is 10.0. The van der Waals surface area contributed by atoms with E-state index < -0.39 is 11.9 Å². The average molecular weight is 242 g/mol. The largest absolute Gasteiger partial charge is 0.504 e. The number of methoxy groups -OCH3 is 2. The number of carbonyl (C=O) groups is 2. The number of rotatable bonds is 0.